The molecular weight excluding hydrogens is 320 g/mol. The number of imidazole rings is 1. The highest BCUT2D eigenvalue weighted by Gasteiger charge is 2.14. The Bertz CT molecular complexity index is 1000. The van der Waals surface area contributed by atoms with Crippen LogP contribution < -0.4 is 5.62 Å². The number of non-ortho nitro benzene ring substituents is 1. The summed E-state index contributed by atoms with van der Waals surface area (Å²) in [5.41, 5.74) is 2.07. The average molecular weight is 336 g/mol. The number of Topliss-reactive ketones (excluding diaryl/α,β-unsaturated/α-hetero) is 1. The molecular formula is C18H16N4O3. The summed E-state index contributed by atoms with van der Waals surface area (Å²) >= 11 is 0. The van der Waals surface area contributed by atoms with Crippen molar-refractivity contribution in [3.8, 4) is 11.3 Å². The van der Waals surface area contributed by atoms with Crippen molar-refractivity contribution >= 4 is 11.5 Å². The summed E-state index contributed by atoms with van der Waals surface area (Å²) in [6.45, 7) is -0.0549. The Hall–Kier alpha value is -3.48. The number of rotatable bonds is 5. The molecule has 0 amide bonds. The summed E-state index contributed by atoms with van der Waals surface area (Å²) in [5.74, 6) is -0.285. The molecule has 126 valence electrons. The van der Waals surface area contributed by atoms with E-state index in [1.54, 1.807) is 23.9 Å². The molecule has 0 fully saturated rings. The third-order valence-corrected chi connectivity index (χ3v) is 3.99. The lowest BCUT2D eigenvalue weighted by Gasteiger charge is -2.02. The molecule has 3 rings (SSSR count). The van der Waals surface area contributed by atoms with E-state index in [0.29, 0.717) is 0 Å². The van der Waals surface area contributed by atoms with Gasteiger partial charge in [0.15, 0.2) is 5.78 Å². The Labute approximate surface area is 143 Å². The summed E-state index contributed by atoms with van der Waals surface area (Å²) in [5, 5.41) is 19.0. The smallest absolute Gasteiger partial charge is 0.270 e. The second-order valence-corrected chi connectivity index (χ2v) is 5.62. The Morgan fingerprint density at radius 1 is 1.16 bits per heavy atom. The van der Waals surface area contributed by atoms with Gasteiger partial charge in [0.1, 0.15) is 0 Å². The number of hydrogen-bond donors (Lipinski definition) is 1. The van der Waals surface area contributed by atoms with E-state index in [-0.39, 0.29) is 29.2 Å². The minimum atomic E-state index is -0.532. The third-order valence-electron chi connectivity index (χ3n) is 3.99. The second-order valence-electron chi connectivity index (χ2n) is 5.62. The predicted octanol–water partition coefficient (Wildman–Crippen LogP) is 2.76. The molecule has 0 saturated heterocycles. The lowest BCUT2D eigenvalue weighted by molar-refractivity contribution is -0.384. The van der Waals surface area contributed by atoms with Gasteiger partial charge in [0, 0.05) is 30.9 Å². The fourth-order valence-electron chi connectivity index (χ4n) is 2.64. The van der Waals surface area contributed by atoms with Crippen molar-refractivity contribution < 1.29 is 9.72 Å². The molecule has 0 saturated carbocycles. The van der Waals surface area contributed by atoms with Crippen LogP contribution in [0, 0.1) is 15.5 Å². The summed E-state index contributed by atoms with van der Waals surface area (Å²) in [7, 11) is 1.76. The van der Waals surface area contributed by atoms with Crippen LogP contribution in [-0.2, 0) is 13.6 Å². The first-order chi connectivity index (χ1) is 12.0. The predicted molar refractivity (Wildman–Crippen MR) is 92.1 cm³/mol. The Balaban J connectivity index is 1.91. The molecule has 1 aromatic heterocycles. The minimum absolute atomic E-state index is 0.0549. The number of benzene rings is 2. The van der Waals surface area contributed by atoms with E-state index in [1.165, 1.54) is 22.8 Å². The van der Waals surface area contributed by atoms with Crippen LogP contribution in [0.4, 0.5) is 5.69 Å². The molecule has 0 unspecified atom stereocenters. The van der Waals surface area contributed by atoms with Crippen LogP contribution >= 0.6 is 0 Å². The van der Waals surface area contributed by atoms with Crippen molar-refractivity contribution in [3.63, 3.8) is 0 Å². The van der Waals surface area contributed by atoms with E-state index in [1.807, 2.05) is 30.3 Å². The van der Waals surface area contributed by atoms with Crippen molar-refractivity contribution in [1.29, 1.82) is 5.41 Å². The van der Waals surface area contributed by atoms with Gasteiger partial charge in [-0.25, -0.2) is 0 Å². The average Bonchev–Trinajstić information content (AvgIpc) is 2.91. The van der Waals surface area contributed by atoms with Crippen molar-refractivity contribution in [1.82, 2.24) is 9.13 Å². The molecule has 1 heterocycles. The van der Waals surface area contributed by atoms with Crippen LogP contribution in [0.3, 0.4) is 0 Å². The highest BCUT2D eigenvalue weighted by molar-refractivity contribution is 5.96. The van der Waals surface area contributed by atoms with Gasteiger partial charge in [-0.05, 0) is 5.56 Å². The summed E-state index contributed by atoms with van der Waals surface area (Å²) in [4.78, 5) is 22.8. The van der Waals surface area contributed by atoms with Crippen molar-refractivity contribution in [2.75, 3.05) is 0 Å². The van der Waals surface area contributed by atoms with Crippen LogP contribution in [0.25, 0.3) is 11.3 Å². The van der Waals surface area contributed by atoms with E-state index in [2.05, 4.69) is 0 Å². The molecule has 0 atom stereocenters. The molecule has 0 bridgehead atoms. The molecule has 2 aromatic carbocycles. The quantitative estimate of drug-likeness (QED) is 0.441. The van der Waals surface area contributed by atoms with Gasteiger partial charge in [0.05, 0.1) is 17.2 Å². The number of ketones is 1. The fraction of sp³-hybridized carbons (Fsp3) is 0.111. The van der Waals surface area contributed by atoms with Gasteiger partial charge in [0.25, 0.3) is 5.69 Å². The zero-order chi connectivity index (χ0) is 18.0. The number of aromatic nitrogens is 2. The maximum Gasteiger partial charge on any atom is 0.270 e. The molecule has 0 radical (unpaired) electrons. The summed E-state index contributed by atoms with van der Waals surface area (Å²) in [6.07, 6.45) is 1.74. The highest BCUT2D eigenvalue weighted by Crippen LogP contribution is 2.18. The Morgan fingerprint density at radius 2 is 1.88 bits per heavy atom. The van der Waals surface area contributed by atoms with Gasteiger partial charge < -0.3 is 9.13 Å². The molecule has 0 spiro atoms. The minimum Gasteiger partial charge on any atom is -0.314 e. The lowest BCUT2D eigenvalue weighted by Crippen LogP contribution is -2.25. The number of carbonyl (C=O) groups is 1. The molecule has 25 heavy (non-hydrogen) atoms. The van der Waals surface area contributed by atoms with Gasteiger partial charge in [0.2, 0.25) is 5.62 Å². The van der Waals surface area contributed by atoms with Crippen molar-refractivity contribution in [3.05, 3.63) is 82.1 Å². The normalized spacial score (nSPS) is 10.6. The van der Waals surface area contributed by atoms with Gasteiger partial charge >= 0.3 is 0 Å². The van der Waals surface area contributed by atoms with Crippen LogP contribution in [0.5, 0.6) is 0 Å². The third kappa shape index (κ3) is 3.25. The molecule has 0 aliphatic rings. The van der Waals surface area contributed by atoms with Crippen LogP contribution in [0.1, 0.15) is 10.4 Å². The number of nitrogens with zero attached hydrogens (tertiary/aromatic N) is 3. The zero-order valence-corrected chi connectivity index (χ0v) is 13.5. The zero-order valence-electron chi connectivity index (χ0n) is 13.5. The monoisotopic (exact) mass is 336 g/mol. The molecule has 3 aromatic rings. The molecule has 7 nitrogen and oxygen atoms in total. The van der Waals surface area contributed by atoms with Gasteiger partial charge in [-0.3, -0.25) is 20.3 Å². The largest absolute Gasteiger partial charge is 0.314 e. The van der Waals surface area contributed by atoms with E-state index >= 15 is 0 Å². The number of nitrogens with one attached hydrogen (secondary N) is 1. The van der Waals surface area contributed by atoms with E-state index in [4.69, 9.17) is 5.41 Å². The Kier molecular flexibility index (Phi) is 4.30. The lowest BCUT2D eigenvalue weighted by atomic mass is 10.1. The SMILES string of the molecule is Cn1c(-c2ccccc2)cn(CC(=O)c2cccc([N+](=O)[O-])c2)c1=N. The highest BCUT2D eigenvalue weighted by atomic mass is 16.6. The first-order valence-corrected chi connectivity index (χ1v) is 7.61. The first kappa shape index (κ1) is 16.4. The number of hydrogen-bond acceptors (Lipinski definition) is 4. The molecule has 7 heteroatoms. The molecule has 1 N–H and O–H groups in total. The van der Waals surface area contributed by atoms with Crippen molar-refractivity contribution in [2.24, 2.45) is 7.05 Å². The summed E-state index contributed by atoms with van der Waals surface area (Å²) in [6, 6.07) is 15.2. The molecule has 0 aliphatic carbocycles. The maximum atomic E-state index is 12.5. The topological polar surface area (TPSA) is 93.9 Å². The van der Waals surface area contributed by atoms with E-state index < -0.39 is 4.92 Å². The summed E-state index contributed by atoms with van der Waals surface area (Å²) < 4.78 is 3.22. The van der Waals surface area contributed by atoms with Gasteiger partial charge in [-0.2, -0.15) is 0 Å². The number of carbonyl (C=O) groups excluding carboxylic acids is 1. The van der Waals surface area contributed by atoms with Gasteiger partial charge in [-0.15, -0.1) is 0 Å². The fourth-order valence-corrected chi connectivity index (χ4v) is 2.64. The first-order valence-electron chi connectivity index (χ1n) is 7.61. The second kappa shape index (κ2) is 6.56. The van der Waals surface area contributed by atoms with Crippen LogP contribution in [0.15, 0.2) is 60.8 Å². The van der Waals surface area contributed by atoms with Crippen LogP contribution in [-0.4, -0.2) is 19.8 Å². The standard InChI is InChI=1S/C18H16N4O3/c1-20-16(13-6-3-2-4-7-13)11-21(18(20)19)12-17(23)14-8-5-9-15(10-14)22(24)25/h2-11,19H,12H2,1H3. The number of nitro benzene ring substituents is 1. The van der Waals surface area contributed by atoms with Crippen LogP contribution in [0.2, 0.25) is 0 Å². The Morgan fingerprint density at radius 3 is 2.56 bits per heavy atom. The van der Waals surface area contributed by atoms with Crippen molar-refractivity contribution in [2.45, 2.75) is 6.54 Å². The van der Waals surface area contributed by atoms with Gasteiger partial charge in [-0.1, -0.05) is 42.5 Å². The molecule has 0 aliphatic heterocycles. The van der Waals surface area contributed by atoms with E-state index in [9.17, 15) is 14.9 Å². The van der Waals surface area contributed by atoms with E-state index in [0.717, 1.165) is 11.3 Å². The maximum absolute atomic E-state index is 12.5. The number of nitro groups is 1.